The van der Waals surface area contributed by atoms with Crippen molar-refractivity contribution in [3.8, 4) is 0 Å². The Hall–Kier alpha value is -2.55. The third-order valence-corrected chi connectivity index (χ3v) is 4.10. The molecular weight excluding hydrogens is 308 g/mol. The van der Waals surface area contributed by atoms with Gasteiger partial charge < -0.3 is 9.32 Å². The standard InChI is InChI=1S/C22H26N2O/c1-17(2)14-21-22(25-18(3)23-21)24(15-19-10-6-4-7-11-19)16-20-12-8-5-9-13-20/h4-13,17H,14-16H2,1-3H3. The number of anilines is 1. The maximum absolute atomic E-state index is 6.04. The molecular formula is C22H26N2O. The van der Waals surface area contributed by atoms with Crippen molar-refractivity contribution in [3.05, 3.63) is 83.4 Å². The molecule has 3 heteroatoms. The summed E-state index contributed by atoms with van der Waals surface area (Å²) in [5.74, 6) is 2.18. The van der Waals surface area contributed by atoms with E-state index in [4.69, 9.17) is 4.42 Å². The molecule has 2 aromatic carbocycles. The van der Waals surface area contributed by atoms with Crippen LogP contribution in [0.3, 0.4) is 0 Å². The molecule has 130 valence electrons. The smallest absolute Gasteiger partial charge is 0.220 e. The lowest BCUT2D eigenvalue weighted by molar-refractivity contribution is 0.501. The molecule has 3 aromatic rings. The first kappa shape index (κ1) is 17.3. The van der Waals surface area contributed by atoms with Crippen LogP contribution in [0, 0.1) is 12.8 Å². The molecule has 0 aliphatic carbocycles. The minimum atomic E-state index is 0.540. The van der Waals surface area contributed by atoms with Gasteiger partial charge in [-0.25, -0.2) is 4.98 Å². The summed E-state index contributed by atoms with van der Waals surface area (Å²) in [5, 5.41) is 0. The van der Waals surface area contributed by atoms with Crippen LogP contribution in [0.2, 0.25) is 0 Å². The number of oxazole rings is 1. The van der Waals surface area contributed by atoms with Crippen LogP contribution in [-0.4, -0.2) is 4.98 Å². The lowest BCUT2D eigenvalue weighted by Crippen LogP contribution is -2.23. The van der Waals surface area contributed by atoms with Crippen molar-refractivity contribution in [3.63, 3.8) is 0 Å². The van der Waals surface area contributed by atoms with E-state index in [9.17, 15) is 0 Å². The molecule has 0 fully saturated rings. The highest BCUT2D eigenvalue weighted by atomic mass is 16.4. The van der Waals surface area contributed by atoms with E-state index in [-0.39, 0.29) is 0 Å². The molecule has 0 amide bonds. The van der Waals surface area contributed by atoms with E-state index < -0.39 is 0 Å². The normalized spacial score (nSPS) is 11.0. The Kier molecular flexibility index (Phi) is 5.54. The fourth-order valence-corrected chi connectivity index (χ4v) is 3.03. The Labute approximate surface area is 150 Å². The predicted octanol–water partition coefficient (Wildman–Crippen LogP) is 5.39. The number of aryl methyl sites for hydroxylation is 1. The summed E-state index contributed by atoms with van der Waals surface area (Å²) in [7, 11) is 0. The van der Waals surface area contributed by atoms with Gasteiger partial charge in [0.05, 0.1) is 0 Å². The van der Waals surface area contributed by atoms with Gasteiger partial charge in [0.15, 0.2) is 5.89 Å². The van der Waals surface area contributed by atoms with Crippen LogP contribution in [0.1, 0.15) is 36.6 Å². The highest BCUT2D eigenvalue weighted by Gasteiger charge is 2.20. The topological polar surface area (TPSA) is 29.3 Å². The Balaban J connectivity index is 1.93. The predicted molar refractivity (Wildman–Crippen MR) is 103 cm³/mol. The van der Waals surface area contributed by atoms with Crippen molar-refractivity contribution in [2.45, 2.75) is 40.3 Å². The van der Waals surface area contributed by atoms with Gasteiger partial charge in [0.2, 0.25) is 5.88 Å². The first-order valence-electron chi connectivity index (χ1n) is 8.91. The molecule has 3 rings (SSSR count). The summed E-state index contributed by atoms with van der Waals surface area (Å²) >= 11 is 0. The third-order valence-electron chi connectivity index (χ3n) is 4.10. The van der Waals surface area contributed by atoms with E-state index in [1.807, 2.05) is 19.1 Å². The summed E-state index contributed by atoms with van der Waals surface area (Å²) in [5.41, 5.74) is 3.59. The van der Waals surface area contributed by atoms with Crippen LogP contribution in [0.5, 0.6) is 0 Å². The Morgan fingerprint density at radius 3 is 1.88 bits per heavy atom. The fourth-order valence-electron chi connectivity index (χ4n) is 3.03. The summed E-state index contributed by atoms with van der Waals surface area (Å²) in [6.45, 7) is 7.96. The molecule has 0 bridgehead atoms. The van der Waals surface area contributed by atoms with Gasteiger partial charge in [0.1, 0.15) is 5.69 Å². The van der Waals surface area contributed by atoms with Crippen molar-refractivity contribution >= 4 is 5.88 Å². The van der Waals surface area contributed by atoms with E-state index in [1.54, 1.807) is 0 Å². The van der Waals surface area contributed by atoms with Crippen LogP contribution in [0.25, 0.3) is 0 Å². The molecule has 1 aromatic heterocycles. The van der Waals surface area contributed by atoms with E-state index >= 15 is 0 Å². The molecule has 1 heterocycles. The fraction of sp³-hybridized carbons (Fsp3) is 0.318. The maximum atomic E-state index is 6.04. The summed E-state index contributed by atoms with van der Waals surface area (Å²) < 4.78 is 6.04. The molecule has 3 nitrogen and oxygen atoms in total. The monoisotopic (exact) mass is 334 g/mol. The lowest BCUT2D eigenvalue weighted by Gasteiger charge is -2.23. The van der Waals surface area contributed by atoms with Crippen molar-refractivity contribution in [1.82, 2.24) is 4.98 Å². The molecule has 0 spiro atoms. The van der Waals surface area contributed by atoms with Crippen LogP contribution in [0.15, 0.2) is 65.1 Å². The van der Waals surface area contributed by atoms with Crippen LogP contribution >= 0.6 is 0 Å². The number of aromatic nitrogens is 1. The lowest BCUT2D eigenvalue weighted by atomic mass is 10.1. The van der Waals surface area contributed by atoms with Gasteiger partial charge in [-0.1, -0.05) is 74.5 Å². The highest BCUT2D eigenvalue weighted by molar-refractivity contribution is 5.43. The Morgan fingerprint density at radius 1 is 0.880 bits per heavy atom. The number of nitrogens with zero attached hydrogens (tertiary/aromatic N) is 2. The average molecular weight is 334 g/mol. The molecule has 0 saturated heterocycles. The number of rotatable bonds is 7. The highest BCUT2D eigenvalue weighted by Crippen LogP contribution is 2.27. The second-order valence-corrected chi connectivity index (χ2v) is 6.91. The number of hydrogen-bond acceptors (Lipinski definition) is 3. The summed E-state index contributed by atoms with van der Waals surface area (Å²) in [4.78, 5) is 6.94. The molecule has 0 saturated carbocycles. The minimum absolute atomic E-state index is 0.540. The number of hydrogen-bond donors (Lipinski definition) is 0. The molecule has 0 aliphatic rings. The van der Waals surface area contributed by atoms with E-state index in [2.05, 4.69) is 72.3 Å². The van der Waals surface area contributed by atoms with Crippen molar-refractivity contribution in [2.75, 3.05) is 4.90 Å². The van der Waals surface area contributed by atoms with E-state index in [0.29, 0.717) is 5.92 Å². The van der Waals surface area contributed by atoms with Crippen LogP contribution in [0.4, 0.5) is 5.88 Å². The Bertz CT molecular complexity index is 737. The van der Waals surface area contributed by atoms with Gasteiger partial charge in [-0.3, -0.25) is 0 Å². The molecule has 0 unspecified atom stereocenters. The molecule has 0 radical (unpaired) electrons. The van der Waals surface area contributed by atoms with Crippen molar-refractivity contribution < 1.29 is 4.42 Å². The van der Waals surface area contributed by atoms with Gasteiger partial charge in [0, 0.05) is 20.0 Å². The SMILES string of the molecule is Cc1nc(CC(C)C)c(N(Cc2ccccc2)Cc2ccccc2)o1. The van der Waals surface area contributed by atoms with E-state index in [0.717, 1.165) is 37.0 Å². The largest absolute Gasteiger partial charge is 0.425 e. The third kappa shape index (κ3) is 4.72. The average Bonchev–Trinajstić information content (AvgIpc) is 2.96. The number of benzene rings is 2. The molecule has 0 aliphatic heterocycles. The minimum Gasteiger partial charge on any atom is -0.425 e. The first-order chi connectivity index (χ1) is 12.1. The zero-order valence-electron chi connectivity index (χ0n) is 15.3. The zero-order chi connectivity index (χ0) is 17.6. The van der Waals surface area contributed by atoms with Gasteiger partial charge in [-0.15, -0.1) is 0 Å². The second kappa shape index (κ2) is 8.02. The molecule has 0 atom stereocenters. The van der Waals surface area contributed by atoms with Crippen LogP contribution < -0.4 is 4.90 Å². The Morgan fingerprint density at radius 2 is 1.40 bits per heavy atom. The van der Waals surface area contributed by atoms with Gasteiger partial charge >= 0.3 is 0 Å². The molecule has 0 N–H and O–H groups in total. The maximum Gasteiger partial charge on any atom is 0.220 e. The second-order valence-electron chi connectivity index (χ2n) is 6.91. The molecule has 25 heavy (non-hydrogen) atoms. The quantitative estimate of drug-likeness (QED) is 0.580. The summed E-state index contributed by atoms with van der Waals surface area (Å²) in [6, 6.07) is 21.0. The van der Waals surface area contributed by atoms with Gasteiger partial charge in [0.25, 0.3) is 0 Å². The van der Waals surface area contributed by atoms with Crippen molar-refractivity contribution in [1.29, 1.82) is 0 Å². The first-order valence-corrected chi connectivity index (χ1v) is 8.91. The van der Waals surface area contributed by atoms with E-state index in [1.165, 1.54) is 11.1 Å². The van der Waals surface area contributed by atoms with Gasteiger partial charge in [-0.2, -0.15) is 0 Å². The van der Waals surface area contributed by atoms with Gasteiger partial charge in [-0.05, 0) is 23.5 Å². The zero-order valence-corrected chi connectivity index (χ0v) is 15.3. The summed E-state index contributed by atoms with van der Waals surface area (Å²) in [6.07, 6.45) is 0.923. The van der Waals surface area contributed by atoms with Crippen LogP contribution in [-0.2, 0) is 19.5 Å². The van der Waals surface area contributed by atoms with Crippen molar-refractivity contribution in [2.24, 2.45) is 5.92 Å².